The van der Waals surface area contributed by atoms with E-state index in [0.717, 1.165) is 19.3 Å². The normalized spacial score (nSPS) is 20.8. The highest BCUT2D eigenvalue weighted by atomic mass is 35.5. The second kappa shape index (κ2) is 11.0. The zero-order valence-electron chi connectivity index (χ0n) is 18.8. The molecule has 0 saturated carbocycles. The van der Waals surface area contributed by atoms with Crippen molar-refractivity contribution in [3.05, 3.63) is 28.8 Å². The van der Waals surface area contributed by atoms with Crippen LogP contribution in [0.3, 0.4) is 0 Å². The molecule has 2 saturated heterocycles. The molecular weight excluding hydrogens is 452 g/mol. The van der Waals surface area contributed by atoms with Gasteiger partial charge in [-0.15, -0.1) is 0 Å². The number of hydrogen-bond donors (Lipinski definition) is 1. The van der Waals surface area contributed by atoms with Gasteiger partial charge >= 0.3 is 0 Å². The van der Waals surface area contributed by atoms with Crippen LogP contribution in [0.1, 0.15) is 43.5 Å². The predicted molar refractivity (Wildman–Crippen MR) is 124 cm³/mol. The van der Waals surface area contributed by atoms with E-state index in [4.69, 9.17) is 11.6 Å². The fraction of sp³-hybridized carbons (Fsp3) is 0.636. The Morgan fingerprint density at radius 2 is 1.88 bits per heavy atom. The van der Waals surface area contributed by atoms with Crippen LogP contribution in [0, 0.1) is 5.92 Å². The number of carbonyl (C=O) groups is 2. The van der Waals surface area contributed by atoms with E-state index in [-0.39, 0.29) is 21.7 Å². The maximum absolute atomic E-state index is 13.2. The summed E-state index contributed by atoms with van der Waals surface area (Å²) in [5.74, 6) is 0.0638. The van der Waals surface area contributed by atoms with Gasteiger partial charge in [-0.3, -0.25) is 14.5 Å². The number of piperazine rings is 1. The minimum Gasteiger partial charge on any atom is -0.355 e. The molecular formula is C22H33ClN4O4S. The number of nitrogens with one attached hydrogen (secondary N) is 1. The molecule has 0 aromatic heterocycles. The van der Waals surface area contributed by atoms with Gasteiger partial charge in [-0.1, -0.05) is 25.4 Å². The highest BCUT2D eigenvalue weighted by Gasteiger charge is 2.31. The molecule has 10 heteroatoms. The predicted octanol–water partition coefficient (Wildman–Crippen LogP) is 2.04. The summed E-state index contributed by atoms with van der Waals surface area (Å²) in [6.07, 6.45) is 2.71. The van der Waals surface area contributed by atoms with Gasteiger partial charge in [0.05, 0.1) is 11.6 Å². The maximum Gasteiger partial charge on any atom is 0.253 e. The number of rotatable bonds is 7. The van der Waals surface area contributed by atoms with Crippen LogP contribution in [0.2, 0.25) is 5.02 Å². The van der Waals surface area contributed by atoms with Crippen molar-refractivity contribution in [2.75, 3.05) is 52.4 Å². The Balaban J connectivity index is 1.66. The molecule has 0 spiro atoms. The molecule has 1 aromatic rings. The van der Waals surface area contributed by atoms with Crippen LogP contribution in [0.5, 0.6) is 0 Å². The van der Waals surface area contributed by atoms with E-state index < -0.39 is 10.0 Å². The van der Waals surface area contributed by atoms with E-state index in [0.29, 0.717) is 63.8 Å². The van der Waals surface area contributed by atoms with Crippen LogP contribution in [-0.2, 0) is 14.8 Å². The summed E-state index contributed by atoms with van der Waals surface area (Å²) in [5.41, 5.74) is 0.312. The maximum atomic E-state index is 13.2. The van der Waals surface area contributed by atoms with Gasteiger partial charge in [-0.2, -0.15) is 4.31 Å². The summed E-state index contributed by atoms with van der Waals surface area (Å²) in [5, 5.41) is 2.99. The van der Waals surface area contributed by atoms with Crippen LogP contribution in [0.25, 0.3) is 0 Å². The van der Waals surface area contributed by atoms with Crippen molar-refractivity contribution in [3.8, 4) is 0 Å². The smallest absolute Gasteiger partial charge is 0.253 e. The molecule has 2 amide bonds. The Morgan fingerprint density at radius 3 is 2.53 bits per heavy atom. The zero-order chi connectivity index (χ0) is 23.3. The first kappa shape index (κ1) is 25.0. The van der Waals surface area contributed by atoms with Crippen LogP contribution in [0.15, 0.2) is 23.1 Å². The Bertz CT molecular complexity index is 932. The van der Waals surface area contributed by atoms with Gasteiger partial charge in [0.25, 0.3) is 5.91 Å². The molecule has 1 aromatic carbocycles. The molecule has 178 valence electrons. The second-order valence-corrected chi connectivity index (χ2v) is 11.0. The van der Waals surface area contributed by atoms with E-state index in [2.05, 4.69) is 5.32 Å². The summed E-state index contributed by atoms with van der Waals surface area (Å²) < 4.78 is 27.9. The van der Waals surface area contributed by atoms with E-state index >= 15 is 0 Å². The molecule has 2 heterocycles. The largest absolute Gasteiger partial charge is 0.355 e. The van der Waals surface area contributed by atoms with Crippen molar-refractivity contribution in [2.45, 2.75) is 38.0 Å². The fourth-order valence-corrected chi connectivity index (χ4v) is 6.25. The number of hydrogen-bond acceptors (Lipinski definition) is 5. The Kier molecular flexibility index (Phi) is 8.55. The molecule has 2 fully saturated rings. The van der Waals surface area contributed by atoms with E-state index in [1.54, 1.807) is 11.0 Å². The quantitative estimate of drug-likeness (QED) is 0.639. The Labute approximate surface area is 195 Å². The molecule has 1 unspecified atom stereocenters. The van der Waals surface area contributed by atoms with Crippen LogP contribution in [0.4, 0.5) is 0 Å². The summed E-state index contributed by atoms with van der Waals surface area (Å²) in [4.78, 5) is 28.7. The lowest BCUT2D eigenvalue weighted by atomic mass is 10.0. The molecule has 0 radical (unpaired) electrons. The van der Waals surface area contributed by atoms with Crippen molar-refractivity contribution in [2.24, 2.45) is 5.92 Å². The first-order valence-corrected chi connectivity index (χ1v) is 13.1. The monoisotopic (exact) mass is 484 g/mol. The Hall–Kier alpha value is -1.68. The van der Waals surface area contributed by atoms with Crippen molar-refractivity contribution in [1.29, 1.82) is 0 Å². The lowest BCUT2D eigenvalue weighted by Crippen LogP contribution is -2.51. The van der Waals surface area contributed by atoms with Crippen LogP contribution < -0.4 is 5.32 Å². The highest BCUT2D eigenvalue weighted by Crippen LogP contribution is 2.29. The van der Waals surface area contributed by atoms with E-state index in [1.165, 1.54) is 16.4 Å². The number of amides is 2. The van der Waals surface area contributed by atoms with Crippen molar-refractivity contribution in [1.82, 2.24) is 19.4 Å². The molecule has 8 nitrogen and oxygen atoms in total. The lowest BCUT2D eigenvalue weighted by Gasteiger charge is -2.34. The molecule has 2 aliphatic heterocycles. The Morgan fingerprint density at radius 1 is 1.16 bits per heavy atom. The second-order valence-electron chi connectivity index (χ2n) is 8.67. The van der Waals surface area contributed by atoms with Gasteiger partial charge in [0.15, 0.2) is 0 Å². The third kappa shape index (κ3) is 6.01. The van der Waals surface area contributed by atoms with Gasteiger partial charge < -0.3 is 10.2 Å². The first-order valence-electron chi connectivity index (χ1n) is 11.3. The molecule has 0 aliphatic carbocycles. The highest BCUT2D eigenvalue weighted by molar-refractivity contribution is 7.89. The third-order valence-corrected chi connectivity index (χ3v) is 8.36. The number of halogens is 1. The average molecular weight is 485 g/mol. The number of sulfonamides is 1. The first-order chi connectivity index (χ1) is 15.2. The van der Waals surface area contributed by atoms with Gasteiger partial charge in [-0.25, -0.2) is 8.42 Å². The van der Waals surface area contributed by atoms with Crippen molar-refractivity contribution >= 4 is 33.4 Å². The minimum absolute atomic E-state index is 0.00814. The van der Waals surface area contributed by atoms with Gasteiger partial charge in [0.1, 0.15) is 4.90 Å². The number of nitrogens with zero attached hydrogens (tertiary/aromatic N) is 3. The van der Waals surface area contributed by atoms with Gasteiger partial charge in [-0.05, 0) is 43.4 Å². The number of benzene rings is 1. The standard InChI is InChI=1S/C22H33ClN4O4S/c1-3-8-24-21(28)16-25-10-12-26(13-11-25)22(29)18-6-7-19(23)20(14-18)32(30,31)27-9-4-5-17(2)15-27/h6-7,14,17H,3-5,8-13,15-16H2,1-2H3,(H,24,28). The van der Waals surface area contributed by atoms with E-state index in [1.807, 2.05) is 18.7 Å². The van der Waals surface area contributed by atoms with Crippen molar-refractivity contribution in [3.63, 3.8) is 0 Å². The summed E-state index contributed by atoms with van der Waals surface area (Å²) in [6, 6.07) is 4.47. The summed E-state index contributed by atoms with van der Waals surface area (Å²) in [6.45, 7) is 8.10. The molecule has 1 atom stereocenters. The molecule has 32 heavy (non-hydrogen) atoms. The van der Waals surface area contributed by atoms with E-state index in [9.17, 15) is 18.0 Å². The molecule has 1 N–H and O–H groups in total. The zero-order valence-corrected chi connectivity index (χ0v) is 20.4. The lowest BCUT2D eigenvalue weighted by molar-refractivity contribution is -0.122. The topological polar surface area (TPSA) is 90.0 Å². The van der Waals surface area contributed by atoms with Crippen molar-refractivity contribution < 1.29 is 18.0 Å². The molecule has 3 rings (SSSR count). The van der Waals surface area contributed by atoms with Crippen LogP contribution >= 0.6 is 11.6 Å². The van der Waals surface area contributed by atoms with Gasteiger partial charge in [0.2, 0.25) is 15.9 Å². The van der Waals surface area contributed by atoms with Gasteiger partial charge in [0, 0.05) is 51.4 Å². The molecule has 0 bridgehead atoms. The molecule has 2 aliphatic rings. The third-order valence-electron chi connectivity index (χ3n) is 6.01. The summed E-state index contributed by atoms with van der Waals surface area (Å²) in [7, 11) is -3.76. The SMILES string of the molecule is CCCNC(=O)CN1CCN(C(=O)c2ccc(Cl)c(S(=O)(=O)N3CCCC(C)C3)c2)CC1. The number of piperidine rings is 1. The minimum atomic E-state index is -3.76. The fourth-order valence-electron chi connectivity index (χ4n) is 4.15. The summed E-state index contributed by atoms with van der Waals surface area (Å²) >= 11 is 6.26. The van der Waals surface area contributed by atoms with Crippen LogP contribution in [-0.4, -0.2) is 86.7 Å². The number of carbonyl (C=O) groups excluding carboxylic acids is 2. The average Bonchev–Trinajstić information content (AvgIpc) is 2.78.